The number of carbonyl (C=O) groups excluding carboxylic acids is 1. The third-order valence-electron chi connectivity index (χ3n) is 6.47. The highest BCUT2D eigenvalue weighted by molar-refractivity contribution is 7.99. The first kappa shape index (κ1) is 27.1. The molecule has 0 bridgehead atoms. The van der Waals surface area contributed by atoms with Gasteiger partial charge in [-0.25, -0.2) is 14.8 Å². The monoisotopic (exact) mass is 565 g/mol. The average molecular weight is 567 g/mol. The van der Waals surface area contributed by atoms with Gasteiger partial charge in [-0.2, -0.15) is 0 Å². The largest absolute Gasteiger partial charge is 0.450 e. The molecular weight excluding hydrogens is 533 g/mol. The SMILES string of the molecule is C[C@H](NC(=O)OCC[Si](C)(C)C)C1CCN(c2ncc(Sc3cccc(Cl)c3Cl)c3nccn23)CC1. The predicted octanol–water partition coefficient (Wildman–Crippen LogP) is 6.86. The third kappa shape index (κ3) is 6.68. The van der Waals surface area contributed by atoms with Crippen molar-refractivity contribution in [2.45, 2.75) is 61.3 Å². The van der Waals surface area contributed by atoms with E-state index in [2.05, 4.69) is 41.8 Å². The molecule has 2 aromatic heterocycles. The Hall–Kier alpha value is -1.94. The molecule has 1 aliphatic heterocycles. The molecule has 3 aromatic rings. The summed E-state index contributed by atoms with van der Waals surface area (Å²) in [5.74, 6) is 1.26. The van der Waals surface area contributed by atoms with Gasteiger partial charge in [-0.3, -0.25) is 4.40 Å². The van der Waals surface area contributed by atoms with Crippen LogP contribution in [0.2, 0.25) is 35.7 Å². The molecule has 1 N–H and O–H groups in total. The van der Waals surface area contributed by atoms with Crippen molar-refractivity contribution in [3.8, 4) is 0 Å². The molecule has 1 amide bonds. The highest BCUT2D eigenvalue weighted by atomic mass is 35.5. The molecule has 0 saturated carbocycles. The summed E-state index contributed by atoms with van der Waals surface area (Å²) >= 11 is 14.1. The van der Waals surface area contributed by atoms with Crippen molar-refractivity contribution >= 4 is 60.7 Å². The van der Waals surface area contributed by atoms with Crippen LogP contribution in [-0.2, 0) is 4.74 Å². The number of alkyl carbamates (subject to hydrolysis) is 1. The standard InChI is InChI=1S/C25H33Cl2N5O2SSi/c1-17(30-25(33)34-14-15-36(2,3)4)18-8-11-31(12-9-18)24-29-16-21(23-28-10-13-32(23)24)35-20-7-5-6-19(26)22(20)27/h5-7,10,13,16-18H,8-9,11-12,14-15H2,1-4H3,(H,30,33)/t17-/m0/s1. The number of amides is 1. The number of carbonyl (C=O) groups is 1. The molecule has 1 aromatic carbocycles. The highest BCUT2D eigenvalue weighted by Gasteiger charge is 2.27. The Morgan fingerprint density at radius 1 is 1.22 bits per heavy atom. The Kier molecular flexibility index (Phi) is 8.75. The normalized spacial score (nSPS) is 15.8. The summed E-state index contributed by atoms with van der Waals surface area (Å²) in [4.78, 5) is 25.6. The maximum absolute atomic E-state index is 12.2. The van der Waals surface area contributed by atoms with Crippen LogP contribution in [0, 0.1) is 5.92 Å². The molecule has 1 atom stereocenters. The number of halogens is 2. The number of hydrogen-bond acceptors (Lipinski definition) is 6. The van der Waals surface area contributed by atoms with Crippen molar-refractivity contribution in [3.63, 3.8) is 0 Å². The molecule has 1 saturated heterocycles. The Labute approximate surface area is 227 Å². The number of piperidine rings is 1. The van der Waals surface area contributed by atoms with Crippen LogP contribution in [-0.4, -0.2) is 54.3 Å². The Balaban J connectivity index is 1.36. The summed E-state index contributed by atoms with van der Waals surface area (Å²) < 4.78 is 7.44. The van der Waals surface area contributed by atoms with Gasteiger partial charge in [0.2, 0.25) is 5.95 Å². The molecule has 194 valence electrons. The quantitative estimate of drug-likeness (QED) is 0.301. The van der Waals surface area contributed by atoms with E-state index in [0.29, 0.717) is 22.6 Å². The lowest BCUT2D eigenvalue weighted by atomic mass is 9.90. The lowest BCUT2D eigenvalue weighted by Crippen LogP contribution is -2.44. The maximum atomic E-state index is 12.2. The van der Waals surface area contributed by atoms with Crippen LogP contribution in [0.15, 0.2) is 46.6 Å². The molecule has 0 unspecified atom stereocenters. The first-order valence-electron chi connectivity index (χ1n) is 12.2. The van der Waals surface area contributed by atoms with Crippen molar-refractivity contribution in [2.75, 3.05) is 24.6 Å². The summed E-state index contributed by atoms with van der Waals surface area (Å²) in [7, 11) is -1.21. The van der Waals surface area contributed by atoms with Crippen LogP contribution in [0.4, 0.5) is 10.7 Å². The number of anilines is 1. The number of rotatable bonds is 8. The molecule has 11 heteroatoms. The summed E-state index contributed by atoms with van der Waals surface area (Å²) in [5, 5.41) is 4.09. The molecule has 0 aliphatic carbocycles. The number of aromatic nitrogens is 3. The van der Waals surface area contributed by atoms with Crippen molar-refractivity contribution in [2.24, 2.45) is 5.92 Å². The van der Waals surface area contributed by atoms with E-state index >= 15 is 0 Å². The van der Waals surface area contributed by atoms with Gasteiger partial charge in [0.15, 0.2) is 5.65 Å². The van der Waals surface area contributed by atoms with Crippen molar-refractivity contribution < 1.29 is 9.53 Å². The van der Waals surface area contributed by atoms with Crippen LogP contribution < -0.4 is 10.2 Å². The molecule has 0 radical (unpaired) electrons. The second-order valence-corrected chi connectivity index (χ2v) is 17.9. The summed E-state index contributed by atoms with van der Waals surface area (Å²) in [5.41, 5.74) is 0.833. The first-order chi connectivity index (χ1) is 17.1. The zero-order valence-electron chi connectivity index (χ0n) is 21.1. The Morgan fingerprint density at radius 2 is 1.97 bits per heavy atom. The van der Waals surface area contributed by atoms with Gasteiger partial charge in [-0.1, -0.05) is 60.7 Å². The van der Waals surface area contributed by atoms with Crippen LogP contribution in [0.5, 0.6) is 0 Å². The number of nitrogens with one attached hydrogen (secondary N) is 1. The molecule has 1 aliphatic rings. The topological polar surface area (TPSA) is 71.8 Å². The van der Waals surface area contributed by atoms with Crippen LogP contribution in [0.1, 0.15) is 19.8 Å². The molecule has 3 heterocycles. The number of hydrogen-bond donors (Lipinski definition) is 1. The fourth-order valence-electron chi connectivity index (χ4n) is 4.27. The second kappa shape index (κ2) is 11.6. The summed E-state index contributed by atoms with van der Waals surface area (Å²) in [6.07, 6.45) is 7.20. The van der Waals surface area contributed by atoms with E-state index in [4.69, 9.17) is 32.9 Å². The minimum absolute atomic E-state index is 0.0639. The Morgan fingerprint density at radius 3 is 2.69 bits per heavy atom. The van der Waals surface area contributed by atoms with E-state index in [1.165, 1.54) is 11.8 Å². The molecule has 7 nitrogen and oxygen atoms in total. The predicted molar refractivity (Wildman–Crippen MR) is 151 cm³/mol. The van der Waals surface area contributed by atoms with Gasteiger partial charge >= 0.3 is 6.09 Å². The van der Waals surface area contributed by atoms with E-state index in [0.717, 1.165) is 53.4 Å². The number of ether oxygens (including phenoxy) is 1. The van der Waals surface area contributed by atoms with E-state index in [1.807, 2.05) is 28.9 Å². The Bertz CT molecular complexity index is 1210. The number of fused-ring (bicyclic) bond motifs is 1. The van der Waals surface area contributed by atoms with E-state index in [9.17, 15) is 4.79 Å². The van der Waals surface area contributed by atoms with Gasteiger partial charge in [-0.15, -0.1) is 0 Å². The van der Waals surface area contributed by atoms with Gasteiger partial charge < -0.3 is 15.0 Å². The van der Waals surface area contributed by atoms with E-state index in [1.54, 1.807) is 12.3 Å². The maximum Gasteiger partial charge on any atom is 0.407 e. The van der Waals surface area contributed by atoms with Gasteiger partial charge in [0.25, 0.3) is 0 Å². The molecule has 36 heavy (non-hydrogen) atoms. The third-order valence-corrected chi connectivity index (χ3v) is 10.2. The molecule has 4 rings (SSSR count). The van der Waals surface area contributed by atoms with Crippen molar-refractivity contribution in [1.82, 2.24) is 19.7 Å². The van der Waals surface area contributed by atoms with Crippen molar-refractivity contribution in [3.05, 3.63) is 46.8 Å². The highest BCUT2D eigenvalue weighted by Crippen LogP contribution is 2.39. The summed E-state index contributed by atoms with van der Waals surface area (Å²) in [6, 6.07) is 6.64. The van der Waals surface area contributed by atoms with Gasteiger partial charge in [0.05, 0.1) is 21.5 Å². The minimum atomic E-state index is -1.21. The lowest BCUT2D eigenvalue weighted by molar-refractivity contribution is 0.143. The smallest absolute Gasteiger partial charge is 0.407 e. The number of nitrogens with zero attached hydrogens (tertiary/aromatic N) is 4. The molecule has 1 fully saturated rings. The summed E-state index contributed by atoms with van der Waals surface area (Å²) in [6.45, 7) is 11.1. The lowest BCUT2D eigenvalue weighted by Gasteiger charge is -2.35. The second-order valence-electron chi connectivity index (χ2n) is 10.4. The van der Waals surface area contributed by atoms with E-state index < -0.39 is 8.07 Å². The van der Waals surface area contributed by atoms with Crippen molar-refractivity contribution in [1.29, 1.82) is 0 Å². The van der Waals surface area contributed by atoms with Gasteiger partial charge in [-0.05, 0) is 43.9 Å². The fourth-order valence-corrected chi connectivity index (χ4v) is 6.38. The average Bonchev–Trinajstić information content (AvgIpc) is 3.32. The number of imidazole rings is 1. The number of benzene rings is 1. The minimum Gasteiger partial charge on any atom is -0.450 e. The zero-order chi connectivity index (χ0) is 25.9. The molecule has 0 spiro atoms. The van der Waals surface area contributed by atoms with Gasteiger partial charge in [0.1, 0.15) is 0 Å². The van der Waals surface area contributed by atoms with Crippen LogP contribution in [0.25, 0.3) is 5.65 Å². The molecular formula is C25H33Cl2N5O2SSi. The fraction of sp³-hybridized carbons (Fsp3) is 0.480. The van der Waals surface area contributed by atoms with Gasteiger partial charge in [0, 0.05) is 50.7 Å². The first-order valence-corrected chi connectivity index (χ1v) is 17.5. The van der Waals surface area contributed by atoms with Crippen LogP contribution >= 0.6 is 35.0 Å². The zero-order valence-corrected chi connectivity index (χ0v) is 24.5. The van der Waals surface area contributed by atoms with E-state index in [-0.39, 0.29) is 12.1 Å². The van der Waals surface area contributed by atoms with Crippen LogP contribution in [0.3, 0.4) is 0 Å².